The molecular formula is C25H28N2O3. The molecule has 0 fully saturated rings. The molecule has 5 heteroatoms. The summed E-state index contributed by atoms with van der Waals surface area (Å²) in [7, 11) is 1.65. The second-order valence-corrected chi connectivity index (χ2v) is 7.78. The molecule has 3 rings (SSSR count). The van der Waals surface area contributed by atoms with E-state index in [1.165, 1.54) is 0 Å². The second-order valence-electron chi connectivity index (χ2n) is 7.78. The van der Waals surface area contributed by atoms with Crippen LogP contribution in [0.15, 0.2) is 60.7 Å². The van der Waals surface area contributed by atoms with Gasteiger partial charge in [0.25, 0.3) is 0 Å². The molecule has 3 aromatic rings. The van der Waals surface area contributed by atoms with Gasteiger partial charge in [-0.1, -0.05) is 36.4 Å². The number of ether oxygens (including phenoxy) is 1. The number of carbonyl (C=O) groups is 2. The summed E-state index contributed by atoms with van der Waals surface area (Å²) in [4.78, 5) is 24.6. The van der Waals surface area contributed by atoms with E-state index in [4.69, 9.17) is 4.74 Å². The van der Waals surface area contributed by atoms with Gasteiger partial charge in [0, 0.05) is 11.7 Å². The van der Waals surface area contributed by atoms with Gasteiger partial charge in [-0.05, 0) is 66.9 Å². The lowest BCUT2D eigenvalue weighted by atomic mass is 9.97. The topological polar surface area (TPSA) is 67.4 Å². The highest BCUT2D eigenvalue weighted by Gasteiger charge is 2.16. The summed E-state index contributed by atoms with van der Waals surface area (Å²) in [5.74, 6) is 0.427. The molecule has 1 atom stereocenters. The van der Waals surface area contributed by atoms with Crippen LogP contribution in [-0.4, -0.2) is 25.0 Å². The molecule has 0 bridgehead atoms. The van der Waals surface area contributed by atoms with Gasteiger partial charge in [0.05, 0.1) is 19.4 Å². The summed E-state index contributed by atoms with van der Waals surface area (Å²) < 4.78 is 5.26. The number of amides is 2. The minimum Gasteiger partial charge on any atom is -0.497 e. The summed E-state index contributed by atoms with van der Waals surface area (Å²) in [6.07, 6.45) is 0.324. The first kappa shape index (κ1) is 21.4. The third-order valence-corrected chi connectivity index (χ3v) is 5.00. The average molecular weight is 405 g/mol. The predicted molar refractivity (Wildman–Crippen MR) is 121 cm³/mol. The highest BCUT2D eigenvalue weighted by Crippen LogP contribution is 2.26. The van der Waals surface area contributed by atoms with Gasteiger partial charge < -0.3 is 15.4 Å². The SMILES string of the molecule is COc1ccc2cc([C@H](C)C(=O)Nc3ccc(CC(=O)NC(C)C)cc3)ccc2c1. The van der Waals surface area contributed by atoms with Crippen molar-refractivity contribution in [1.82, 2.24) is 5.32 Å². The van der Waals surface area contributed by atoms with E-state index in [1.807, 2.05) is 81.4 Å². The lowest BCUT2D eigenvalue weighted by Gasteiger charge is -2.14. The second kappa shape index (κ2) is 9.44. The van der Waals surface area contributed by atoms with Gasteiger partial charge in [0.2, 0.25) is 11.8 Å². The Balaban J connectivity index is 1.65. The van der Waals surface area contributed by atoms with Crippen LogP contribution in [0.25, 0.3) is 10.8 Å². The lowest BCUT2D eigenvalue weighted by molar-refractivity contribution is -0.121. The van der Waals surface area contributed by atoms with E-state index in [0.717, 1.165) is 27.6 Å². The number of carbonyl (C=O) groups excluding carboxylic acids is 2. The number of methoxy groups -OCH3 is 1. The fraction of sp³-hybridized carbons (Fsp3) is 0.280. The van der Waals surface area contributed by atoms with Gasteiger partial charge in [-0.15, -0.1) is 0 Å². The summed E-state index contributed by atoms with van der Waals surface area (Å²) >= 11 is 0. The molecule has 0 saturated carbocycles. The number of fused-ring (bicyclic) bond motifs is 1. The molecule has 0 aromatic heterocycles. The van der Waals surface area contributed by atoms with Crippen molar-refractivity contribution in [2.45, 2.75) is 39.2 Å². The zero-order valence-corrected chi connectivity index (χ0v) is 17.9. The molecular weight excluding hydrogens is 376 g/mol. The monoisotopic (exact) mass is 404 g/mol. The van der Waals surface area contributed by atoms with Crippen molar-refractivity contribution < 1.29 is 14.3 Å². The first-order chi connectivity index (χ1) is 14.4. The van der Waals surface area contributed by atoms with Crippen LogP contribution in [0.2, 0.25) is 0 Å². The highest BCUT2D eigenvalue weighted by molar-refractivity contribution is 5.96. The van der Waals surface area contributed by atoms with E-state index in [2.05, 4.69) is 10.6 Å². The van der Waals surface area contributed by atoms with Crippen LogP contribution in [0.1, 0.15) is 37.8 Å². The van der Waals surface area contributed by atoms with Crippen LogP contribution in [0.3, 0.4) is 0 Å². The van der Waals surface area contributed by atoms with E-state index in [1.54, 1.807) is 7.11 Å². The minimum absolute atomic E-state index is 0.00988. The molecule has 0 aliphatic carbocycles. The third-order valence-electron chi connectivity index (χ3n) is 5.00. The van der Waals surface area contributed by atoms with Crippen LogP contribution in [-0.2, 0) is 16.0 Å². The van der Waals surface area contributed by atoms with Crippen molar-refractivity contribution in [2.75, 3.05) is 12.4 Å². The zero-order valence-electron chi connectivity index (χ0n) is 17.9. The molecule has 0 radical (unpaired) electrons. The molecule has 0 saturated heterocycles. The van der Waals surface area contributed by atoms with Crippen LogP contribution < -0.4 is 15.4 Å². The highest BCUT2D eigenvalue weighted by atomic mass is 16.5. The van der Waals surface area contributed by atoms with E-state index in [-0.39, 0.29) is 23.8 Å². The normalized spacial score (nSPS) is 11.9. The first-order valence-electron chi connectivity index (χ1n) is 10.1. The largest absolute Gasteiger partial charge is 0.497 e. The van der Waals surface area contributed by atoms with Crippen LogP contribution >= 0.6 is 0 Å². The van der Waals surface area contributed by atoms with Crippen molar-refractivity contribution >= 4 is 28.3 Å². The van der Waals surface area contributed by atoms with Crippen molar-refractivity contribution in [3.63, 3.8) is 0 Å². The Kier molecular flexibility index (Phi) is 6.72. The molecule has 3 aromatic carbocycles. The Morgan fingerprint density at radius 1 is 0.900 bits per heavy atom. The van der Waals surface area contributed by atoms with Crippen LogP contribution in [0, 0.1) is 0 Å². The third kappa shape index (κ3) is 5.38. The number of benzene rings is 3. The van der Waals surface area contributed by atoms with Gasteiger partial charge >= 0.3 is 0 Å². The van der Waals surface area contributed by atoms with E-state index in [9.17, 15) is 9.59 Å². The number of hydrogen-bond donors (Lipinski definition) is 2. The molecule has 2 N–H and O–H groups in total. The molecule has 2 amide bonds. The summed E-state index contributed by atoms with van der Waals surface area (Å²) in [6, 6.07) is 19.4. The average Bonchev–Trinajstić information content (AvgIpc) is 2.73. The van der Waals surface area contributed by atoms with Crippen molar-refractivity contribution in [3.8, 4) is 5.75 Å². The summed E-state index contributed by atoms with van der Waals surface area (Å²) in [6.45, 7) is 5.76. The van der Waals surface area contributed by atoms with Crippen LogP contribution in [0.5, 0.6) is 5.75 Å². The van der Waals surface area contributed by atoms with Gasteiger partial charge in [-0.25, -0.2) is 0 Å². The Labute approximate surface area is 177 Å². The number of rotatable bonds is 7. The molecule has 0 aliphatic rings. The molecule has 30 heavy (non-hydrogen) atoms. The quantitative estimate of drug-likeness (QED) is 0.602. The molecule has 0 aliphatic heterocycles. The van der Waals surface area contributed by atoms with Crippen molar-refractivity contribution in [2.24, 2.45) is 0 Å². The summed E-state index contributed by atoms with van der Waals surface area (Å²) in [5, 5.41) is 7.97. The van der Waals surface area contributed by atoms with Gasteiger partial charge in [-0.3, -0.25) is 9.59 Å². The van der Waals surface area contributed by atoms with Gasteiger partial charge in [0.15, 0.2) is 0 Å². The van der Waals surface area contributed by atoms with E-state index >= 15 is 0 Å². The standard InChI is InChI=1S/C25H28N2O3/c1-16(2)26-24(28)13-18-5-10-22(11-6-18)27-25(29)17(3)19-7-8-21-15-23(30-4)12-9-20(21)14-19/h5-12,14-17H,13H2,1-4H3,(H,26,28)(H,27,29)/t17-/m0/s1. The molecule has 0 heterocycles. The fourth-order valence-corrected chi connectivity index (χ4v) is 3.30. The molecule has 156 valence electrons. The van der Waals surface area contributed by atoms with Crippen molar-refractivity contribution in [1.29, 1.82) is 0 Å². The number of nitrogens with one attached hydrogen (secondary N) is 2. The van der Waals surface area contributed by atoms with E-state index in [0.29, 0.717) is 12.1 Å². The first-order valence-corrected chi connectivity index (χ1v) is 10.1. The fourth-order valence-electron chi connectivity index (χ4n) is 3.30. The molecule has 0 spiro atoms. The number of anilines is 1. The van der Waals surface area contributed by atoms with Gasteiger partial charge in [-0.2, -0.15) is 0 Å². The van der Waals surface area contributed by atoms with Crippen molar-refractivity contribution in [3.05, 3.63) is 71.8 Å². The molecule has 0 unspecified atom stereocenters. The van der Waals surface area contributed by atoms with Gasteiger partial charge in [0.1, 0.15) is 5.75 Å². The predicted octanol–water partition coefficient (Wildman–Crippen LogP) is 4.66. The Bertz CT molecular complexity index is 1040. The Hall–Kier alpha value is -3.34. The minimum atomic E-state index is -0.298. The number of hydrogen-bond acceptors (Lipinski definition) is 3. The van der Waals surface area contributed by atoms with E-state index < -0.39 is 0 Å². The smallest absolute Gasteiger partial charge is 0.231 e. The summed E-state index contributed by atoms with van der Waals surface area (Å²) in [5.41, 5.74) is 2.57. The Morgan fingerprint density at radius 2 is 1.57 bits per heavy atom. The Morgan fingerprint density at radius 3 is 2.23 bits per heavy atom. The lowest BCUT2D eigenvalue weighted by Crippen LogP contribution is -2.31. The molecule has 5 nitrogen and oxygen atoms in total. The zero-order chi connectivity index (χ0) is 21.7. The maximum absolute atomic E-state index is 12.7. The van der Waals surface area contributed by atoms with Crippen LogP contribution in [0.4, 0.5) is 5.69 Å². The maximum atomic E-state index is 12.7. The maximum Gasteiger partial charge on any atom is 0.231 e.